The third kappa shape index (κ3) is 5.53. The van der Waals surface area contributed by atoms with Crippen molar-refractivity contribution >= 4 is 5.91 Å². The van der Waals surface area contributed by atoms with Crippen LogP contribution in [0.1, 0.15) is 63.5 Å². The maximum atomic E-state index is 13.0. The van der Waals surface area contributed by atoms with E-state index in [-0.39, 0.29) is 17.9 Å². The van der Waals surface area contributed by atoms with Crippen molar-refractivity contribution in [3.05, 3.63) is 35.4 Å². The van der Waals surface area contributed by atoms with E-state index in [1.807, 2.05) is 0 Å². The summed E-state index contributed by atoms with van der Waals surface area (Å²) in [6.45, 7) is 6.51. The Balaban J connectivity index is 1.58. The fraction of sp³-hybridized carbons (Fsp3) is 0.696. The summed E-state index contributed by atoms with van der Waals surface area (Å²) in [5.41, 5.74) is 0.115. The van der Waals surface area contributed by atoms with E-state index in [0.29, 0.717) is 23.9 Å². The van der Waals surface area contributed by atoms with Crippen molar-refractivity contribution in [2.45, 2.75) is 71.1 Å². The maximum Gasteiger partial charge on any atom is 0.416 e. The number of amides is 1. The van der Waals surface area contributed by atoms with Gasteiger partial charge in [-0.25, -0.2) is 0 Å². The number of rotatable bonds is 8. The molecule has 3 atom stereocenters. The number of carbonyl (C=O) groups is 1. The number of hydrogen-bond donors (Lipinski definition) is 1. The zero-order valence-electron chi connectivity index (χ0n) is 17.5. The highest BCUT2D eigenvalue weighted by atomic mass is 19.4. The minimum atomic E-state index is -4.31. The van der Waals surface area contributed by atoms with Gasteiger partial charge in [0.2, 0.25) is 5.91 Å². The van der Waals surface area contributed by atoms with Gasteiger partial charge in [-0.2, -0.15) is 13.2 Å². The molecule has 1 aliphatic heterocycles. The first-order chi connectivity index (χ1) is 13.8. The lowest BCUT2D eigenvalue weighted by Crippen LogP contribution is -2.42. The number of halogens is 3. The molecule has 0 unspecified atom stereocenters. The Kier molecular flexibility index (Phi) is 7.25. The van der Waals surface area contributed by atoms with Crippen LogP contribution in [0.4, 0.5) is 13.2 Å². The predicted molar refractivity (Wildman–Crippen MR) is 108 cm³/mol. The van der Waals surface area contributed by atoms with Gasteiger partial charge in [0.25, 0.3) is 0 Å². The van der Waals surface area contributed by atoms with Crippen molar-refractivity contribution < 1.29 is 18.0 Å². The van der Waals surface area contributed by atoms with E-state index in [1.165, 1.54) is 12.1 Å². The maximum absolute atomic E-state index is 13.0. The Morgan fingerprint density at radius 2 is 1.90 bits per heavy atom. The van der Waals surface area contributed by atoms with Gasteiger partial charge in [-0.05, 0) is 49.1 Å². The summed E-state index contributed by atoms with van der Waals surface area (Å²) in [5, 5.41) is 3.32. The molecule has 1 heterocycles. The largest absolute Gasteiger partial charge is 0.416 e. The fourth-order valence-electron chi connectivity index (χ4n) is 5.17. The van der Waals surface area contributed by atoms with Crippen LogP contribution in [-0.4, -0.2) is 29.9 Å². The van der Waals surface area contributed by atoms with Crippen LogP contribution in [0.3, 0.4) is 0 Å². The molecule has 3 nitrogen and oxygen atoms in total. The molecule has 1 N–H and O–H groups in total. The van der Waals surface area contributed by atoms with Crippen LogP contribution in [0.5, 0.6) is 0 Å². The normalized spacial score (nSPS) is 24.8. The lowest BCUT2D eigenvalue weighted by atomic mass is 9.94. The zero-order chi connectivity index (χ0) is 21.0. The summed E-state index contributed by atoms with van der Waals surface area (Å²) < 4.78 is 38.9. The molecule has 0 bridgehead atoms. The van der Waals surface area contributed by atoms with Gasteiger partial charge in [-0.3, -0.25) is 9.69 Å². The second kappa shape index (κ2) is 9.50. The first kappa shape index (κ1) is 22.1. The van der Waals surface area contributed by atoms with E-state index in [9.17, 15) is 18.0 Å². The smallest absolute Gasteiger partial charge is 0.353 e. The summed E-state index contributed by atoms with van der Waals surface area (Å²) in [6, 6.07) is 5.84. The van der Waals surface area contributed by atoms with Gasteiger partial charge in [-0.1, -0.05) is 44.9 Å². The van der Waals surface area contributed by atoms with Crippen LogP contribution < -0.4 is 5.32 Å². The highest BCUT2D eigenvalue weighted by Gasteiger charge is 2.43. The molecule has 6 heteroatoms. The molecule has 1 saturated carbocycles. The van der Waals surface area contributed by atoms with Gasteiger partial charge in [0.05, 0.1) is 5.56 Å². The summed E-state index contributed by atoms with van der Waals surface area (Å²) in [4.78, 5) is 15.0. The molecule has 1 aromatic rings. The van der Waals surface area contributed by atoms with Crippen LogP contribution in [0, 0.1) is 17.8 Å². The predicted octanol–water partition coefficient (Wildman–Crippen LogP) is 5.25. The van der Waals surface area contributed by atoms with Crippen LogP contribution in [0.25, 0.3) is 0 Å². The lowest BCUT2D eigenvalue weighted by molar-refractivity contribution is -0.137. The number of alkyl halides is 3. The molecule has 162 valence electrons. The van der Waals surface area contributed by atoms with E-state index in [2.05, 4.69) is 24.1 Å². The molecular formula is C23H33F3N2O. The summed E-state index contributed by atoms with van der Waals surface area (Å²) >= 11 is 0. The molecule has 2 aliphatic rings. The van der Waals surface area contributed by atoms with Gasteiger partial charge < -0.3 is 5.32 Å². The Morgan fingerprint density at radius 1 is 1.17 bits per heavy atom. The number of benzene rings is 1. The van der Waals surface area contributed by atoms with E-state index in [1.54, 1.807) is 6.07 Å². The average Bonchev–Trinajstić information content (AvgIpc) is 3.22. The number of likely N-dealkylation sites (tertiary alicyclic amines) is 1. The molecule has 2 fully saturated rings. The topological polar surface area (TPSA) is 32.3 Å². The Hall–Kier alpha value is -1.56. The third-order valence-electron chi connectivity index (χ3n) is 6.57. The van der Waals surface area contributed by atoms with Crippen molar-refractivity contribution in [2.75, 3.05) is 13.1 Å². The number of fused-ring (bicyclic) bond motifs is 1. The number of nitrogens with zero attached hydrogens (tertiary/aromatic N) is 1. The van der Waals surface area contributed by atoms with Crippen molar-refractivity contribution in [3.63, 3.8) is 0 Å². The quantitative estimate of drug-likeness (QED) is 0.635. The number of nitrogens with one attached hydrogen (secondary N) is 1. The third-order valence-corrected chi connectivity index (χ3v) is 6.57. The summed E-state index contributed by atoms with van der Waals surface area (Å²) in [5.74, 6) is 1.23. The SMILES string of the molecule is CCCC(CCC)C(=O)N[C@@H]1CC[C@@H]2CN(Cc3cccc(C(F)(F)F)c3)C[C@H]21. The van der Waals surface area contributed by atoms with Gasteiger partial charge in [-0.15, -0.1) is 0 Å². The minimum absolute atomic E-state index is 0.103. The molecule has 1 saturated heterocycles. The molecular weight excluding hydrogens is 377 g/mol. The van der Waals surface area contributed by atoms with Crippen LogP contribution >= 0.6 is 0 Å². The molecule has 0 radical (unpaired) electrons. The molecule has 0 spiro atoms. The van der Waals surface area contributed by atoms with Crippen molar-refractivity contribution in [1.82, 2.24) is 10.2 Å². The molecule has 1 aromatic carbocycles. The van der Waals surface area contributed by atoms with E-state index >= 15 is 0 Å². The molecule has 1 amide bonds. The molecule has 1 aliphatic carbocycles. The van der Waals surface area contributed by atoms with Crippen molar-refractivity contribution in [1.29, 1.82) is 0 Å². The average molecular weight is 411 g/mol. The van der Waals surface area contributed by atoms with E-state index in [4.69, 9.17) is 0 Å². The number of hydrogen-bond acceptors (Lipinski definition) is 2. The van der Waals surface area contributed by atoms with E-state index < -0.39 is 11.7 Å². The first-order valence-electron chi connectivity index (χ1n) is 11.0. The van der Waals surface area contributed by atoms with Crippen LogP contribution in [-0.2, 0) is 17.5 Å². The second-order valence-electron chi connectivity index (χ2n) is 8.78. The number of carbonyl (C=O) groups excluding carboxylic acids is 1. The molecule has 0 aromatic heterocycles. The Labute approximate surface area is 172 Å². The van der Waals surface area contributed by atoms with Crippen molar-refractivity contribution in [3.8, 4) is 0 Å². The minimum Gasteiger partial charge on any atom is -0.353 e. The zero-order valence-corrected chi connectivity index (χ0v) is 17.5. The van der Waals surface area contributed by atoms with Gasteiger partial charge in [0, 0.05) is 31.6 Å². The summed E-state index contributed by atoms with van der Waals surface area (Å²) in [7, 11) is 0. The van der Waals surface area contributed by atoms with Gasteiger partial charge in [0.15, 0.2) is 0 Å². The monoisotopic (exact) mass is 410 g/mol. The van der Waals surface area contributed by atoms with Crippen LogP contribution in [0.2, 0.25) is 0 Å². The van der Waals surface area contributed by atoms with Gasteiger partial charge >= 0.3 is 6.18 Å². The lowest BCUT2D eigenvalue weighted by Gasteiger charge is -2.24. The van der Waals surface area contributed by atoms with E-state index in [0.717, 1.165) is 57.7 Å². The molecule has 29 heavy (non-hydrogen) atoms. The summed E-state index contributed by atoms with van der Waals surface area (Å²) in [6.07, 6.45) is 1.69. The Bertz CT molecular complexity index is 685. The highest BCUT2D eigenvalue weighted by Crippen LogP contribution is 2.39. The van der Waals surface area contributed by atoms with Crippen molar-refractivity contribution in [2.24, 2.45) is 17.8 Å². The highest BCUT2D eigenvalue weighted by molar-refractivity contribution is 5.79. The first-order valence-corrected chi connectivity index (χ1v) is 11.0. The van der Waals surface area contributed by atoms with Gasteiger partial charge in [0.1, 0.15) is 0 Å². The van der Waals surface area contributed by atoms with Crippen LogP contribution in [0.15, 0.2) is 24.3 Å². The molecule has 3 rings (SSSR count). The fourth-order valence-corrected chi connectivity index (χ4v) is 5.17. The Morgan fingerprint density at radius 3 is 2.55 bits per heavy atom. The standard InChI is InChI=1S/C23H33F3N2O/c1-3-6-17(7-4-2)22(29)27-21-11-10-18-14-28(15-20(18)21)13-16-8-5-9-19(12-16)23(24,25)26/h5,8-9,12,17-18,20-21H,3-4,6-7,10-11,13-15H2,1-2H3,(H,27,29)/t18-,20-,21-/m1/s1. The second-order valence-corrected chi connectivity index (χ2v) is 8.78.